The van der Waals surface area contributed by atoms with Crippen LogP contribution in [0.2, 0.25) is 0 Å². The van der Waals surface area contributed by atoms with Crippen LogP contribution in [0.1, 0.15) is 18.9 Å². The van der Waals surface area contributed by atoms with Gasteiger partial charge in [-0.2, -0.15) is 0 Å². The molecule has 0 bridgehead atoms. The van der Waals surface area contributed by atoms with Crippen molar-refractivity contribution in [2.24, 2.45) is 5.73 Å². The van der Waals surface area contributed by atoms with Crippen molar-refractivity contribution in [3.8, 4) is 0 Å². The van der Waals surface area contributed by atoms with Gasteiger partial charge in [0, 0.05) is 23.5 Å². The number of carbonyl (C=O) groups is 1. The number of hydrogen-bond donors (Lipinski definition) is 2. The van der Waals surface area contributed by atoms with Crippen LogP contribution in [-0.2, 0) is 16.0 Å². The number of para-hydroxylation sites is 1. The standard InChI is InChI=1S/C14H18N2O2.ClH/c1-2-7-18-14(17)12(15)8-10-9-16-13-6-4-3-5-11(10)13;/h3-6,9,12,16H,2,7-8,15H2,1H3;1H/t12-;/m0./s1. The van der Waals surface area contributed by atoms with Gasteiger partial charge in [-0.15, -0.1) is 12.4 Å². The van der Waals surface area contributed by atoms with Crippen molar-refractivity contribution in [2.75, 3.05) is 6.61 Å². The first-order valence-electron chi connectivity index (χ1n) is 6.19. The minimum atomic E-state index is -0.601. The summed E-state index contributed by atoms with van der Waals surface area (Å²) in [6.45, 7) is 2.39. The summed E-state index contributed by atoms with van der Waals surface area (Å²) in [6.07, 6.45) is 3.20. The molecule has 3 N–H and O–H groups in total. The van der Waals surface area contributed by atoms with E-state index in [1.54, 1.807) is 0 Å². The Hall–Kier alpha value is -1.52. The van der Waals surface area contributed by atoms with Crippen LogP contribution in [0.15, 0.2) is 30.5 Å². The van der Waals surface area contributed by atoms with Crippen LogP contribution >= 0.6 is 12.4 Å². The molecule has 0 aliphatic heterocycles. The van der Waals surface area contributed by atoms with Gasteiger partial charge in [0.15, 0.2) is 0 Å². The zero-order chi connectivity index (χ0) is 13.0. The summed E-state index contributed by atoms with van der Waals surface area (Å²) in [5.41, 5.74) is 7.96. The SMILES string of the molecule is CCCOC(=O)[C@@H](N)Cc1c[nH]c2ccccc12.Cl. The van der Waals surface area contributed by atoms with Crippen LogP contribution in [0.25, 0.3) is 10.9 Å². The number of aromatic nitrogens is 1. The number of fused-ring (bicyclic) bond motifs is 1. The highest BCUT2D eigenvalue weighted by Crippen LogP contribution is 2.18. The molecule has 0 saturated heterocycles. The molecule has 2 aromatic rings. The van der Waals surface area contributed by atoms with E-state index in [1.807, 2.05) is 37.4 Å². The van der Waals surface area contributed by atoms with E-state index in [4.69, 9.17) is 10.5 Å². The normalized spacial score (nSPS) is 11.9. The van der Waals surface area contributed by atoms with Gasteiger partial charge in [-0.05, 0) is 18.1 Å². The molecule has 19 heavy (non-hydrogen) atoms. The first-order chi connectivity index (χ1) is 8.72. The molecule has 1 atom stereocenters. The van der Waals surface area contributed by atoms with Gasteiger partial charge in [0.1, 0.15) is 6.04 Å². The van der Waals surface area contributed by atoms with E-state index in [2.05, 4.69) is 4.98 Å². The van der Waals surface area contributed by atoms with E-state index in [9.17, 15) is 4.79 Å². The molecule has 1 aromatic heterocycles. The van der Waals surface area contributed by atoms with E-state index in [0.717, 1.165) is 22.9 Å². The summed E-state index contributed by atoms with van der Waals surface area (Å²) in [4.78, 5) is 14.8. The quantitative estimate of drug-likeness (QED) is 0.828. The molecule has 0 aliphatic rings. The summed E-state index contributed by atoms with van der Waals surface area (Å²) in [7, 11) is 0. The maximum absolute atomic E-state index is 11.6. The Bertz CT molecular complexity index is 539. The Morgan fingerprint density at radius 3 is 2.89 bits per heavy atom. The number of benzene rings is 1. The molecule has 0 saturated carbocycles. The minimum absolute atomic E-state index is 0. The van der Waals surface area contributed by atoms with E-state index >= 15 is 0 Å². The second-order valence-electron chi connectivity index (χ2n) is 4.34. The molecule has 0 unspecified atom stereocenters. The molecular formula is C14H19ClN2O2. The number of nitrogens with one attached hydrogen (secondary N) is 1. The van der Waals surface area contributed by atoms with Gasteiger partial charge in [-0.1, -0.05) is 25.1 Å². The summed E-state index contributed by atoms with van der Waals surface area (Å²) < 4.78 is 5.04. The van der Waals surface area contributed by atoms with E-state index in [-0.39, 0.29) is 18.4 Å². The molecule has 0 radical (unpaired) electrons. The zero-order valence-corrected chi connectivity index (χ0v) is 11.7. The van der Waals surface area contributed by atoms with Crippen molar-refractivity contribution >= 4 is 29.3 Å². The third-order valence-electron chi connectivity index (χ3n) is 2.87. The largest absolute Gasteiger partial charge is 0.465 e. The zero-order valence-electron chi connectivity index (χ0n) is 10.9. The van der Waals surface area contributed by atoms with Gasteiger partial charge in [-0.3, -0.25) is 4.79 Å². The maximum atomic E-state index is 11.6. The van der Waals surface area contributed by atoms with Crippen molar-refractivity contribution in [3.63, 3.8) is 0 Å². The number of hydrogen-bond acceptors (Lipinski definition) is 3. The van der Waals surface area contributed by atoms with Crippen LogP contribution in [0.4, 0.5) is 0 Å². The predicted molar refractivity (Wildman–Crippen MR) is 78.5 cm³/mol. The lowest BCUT2D eigenvalue weighted by molar-refractivity contribution is -0.145. The average Bonchev–Trinajstić information content (AvgIpc) is 2.79. The second kappa shape index (κ2) is 7.16. The van der Waals surface area contributed by atoms with Crippen LogP contribution in [0.5, 0.6) is 0 Å². The molecule has 2 rings (SSSR count). The number of nitrogens with two attached hydrogens (primary N) is 1. The minimum Gasteiger partial charge on any atom is -0.465 e. The van der Waals surface area contributed by atoms with Crippen molar-refractivity contribution in [1.82, 2.24) is 4.98 Å². The highest BCUT2D eigenvalue weighted by Gasteiger charge is 2.17. The molecule has 1 heterocycles. The van der Waals surface area contributed by atoms with Gasteiger partial charge in [0.2, 0.25) is 0 Å². The average molecular weight is 283 g/mol. The van der Waals surface area contributed by atoms with Gasteiger partial charge in [-0.25, -0.2) is 0 Å². The van der Waals surface area contributed by atoms with E-state index < -0.39 is 6.04 Å². The number of H-pyrrole nitrogens is 1. The highest BCUT2D eigenvalue weighted by atomic mass is 35.5. The lowest BCUT2D eigenvalue weighted by Crippen LogP contribution is -2.34. The van der Waals surface area contributed by atoms with Crippen molar-refractivity contribution < 1.29 is 9.53 Å². The predicted octanol–water partition coefficient (Wildman–Crippen LogP) is 2.41. The van der Waals surface area contributed by atoms with Crippen molar-refractivity contribution in [3.05, 3.63) is 36.0 Å². The lowest BCUT2D eigenvalue weighted by atomic mass is 10.1. The molecule has 0 fully saturated rings. The first kappa shape index (κ1) is 15.5. The summed E-state index contributed by atoms with van der Waals surface area (Å²) in [5, 5.41) is 1.11. The van der Waals surface area contributed by atoms with Crippen LogP contribution in [-0.4, -0.2) is 23.6 Å². The number of esters is 1. The van der Waals surface area contributed by atoms with Gasteiger partial charge >= 0.3 is 5.97 Å². The Morgan fingerprint density at radius 1 is 1.42 bits per heavy atom. The van der Waals surface area contributed by atoms with Gasteiger partial charge in [0.25, 0.3) is 0 Å². The van der Waals surface area contributed by atoms with Crippen LogP contribution < -0.4 is 5.73 Å². The monoisotopic (exact) mass is 282 g/mol. The fourth-order valence-corrected chi connectivity index (χ4v) is 1.93. The molecule has 1 aromatic carbocycles. The number of aromatic amines is 1. The third-order valence-corrected chi connectivity index (χ3v) is 2.87. The molecule has 104 valence electrons. The number of rotatable bonds is 5. The first-order valence-corrected chi connectivity index (χ1v) is 6.19. The maximum Gasteiger partial charge on any atom is 0.323 e. The molecular weight excluding hydrogens is 264 g/mol. The summed E-state index contributed by atoms with van der Waals surface area (Å²) in [5.74, 6) is -0.331. The smallest absolute Gasteiger partial charge is 0.323 e. The van der Waals surface area contributed by atoms with Crippen LogP contribution in [0.3, 0.4) is 0 Å². The fourth-order valence-electron chi connectivity index (χ4n) is 1.93. The summed E-state index contributed by atoms with van der Waals surface area (Å²) >= 11 is 0. The number of ether oxygens (including phenoxy) is 1. The van der Waals surface area contributed by atoms with Crippen molar-refractivity contribution in [2.45, 2.75) is 25.8 Å². The molecule has 4 nitrogen and oxygen atoms in total. The van der Waals surface area contributed by atoms with Gasteiger partial charge in [0.05, 0.1) is 6.61 Å². The fraction of sp³-hybridized carbons (Fsp3) is 0.357. The topological polar surface area (TPSA) is 68.1 Å². The molecule has 0 aliphatic carbocycles. The number of halogens is 1. The second-order valence-corrected chi connectivity index (χ2v) is 4.34. The lowest BCUT2D eigenvalue weighted by Gasteiger charge is -2.10. The van der Waals surface area contributed by atoms with Gasteiger partial charge < -0.3 is 15.5 Å². The molecule has 5 heteroatoms. The highest BCUT2D eigenvalue weighted by molar-refractivity contribution is 5.85. The van der Waals surface area contributed by atoms with Crippen LogP contribution in [0, 0.1) is 0 Å². The van der Waals surface area contributed by atoms with E-state index in [0.29, 0.717) is 13.0 Å². The third kappa shape index (κ3) is 3.72. The van der Waals surface area contributed by atoms with E-state index in [1.165, 1.54) is 0 Å². The summed E-state index contributed by atoms with van der Waals surface area (Å²) in [6, 6.07) is 7.36. The molecule has 0 amide bonds. The molecule has 0 spiro atoms. The van der Waals surface area contributed by atoms with Crippen molar-refractivity contribution in [1.29, 1.82) is 0 Å². The number of carbonyl (C=O) groups excluding carboxylic acids is 1. The Balaban J connectivity index is 0.00000180. The Morgan fingerprint density at radius 2 is 2.16 bits per heavy atom. The Labute approximate surface area is 118 Å². The Kier molecular flexibility index (Phi) is 5.86.